The lowest BCUT2D eigenvalue weighted by atomic mass is 9.61. The Morgan fingerprint density at radius 1 is 1.11 bits per heavy atom. The van der Waals surface area contributed by atoms with Gasteiger partial charge in [-0.3, -0.25) is 0 Å². The van der Waals surface area contributed by atoms with Gasteiger partial charge in [-0.1, -0.05) is 0 Å². The first kappa shape index (κ1) is 14.0. The fourth-order valence-electron chi connectivity index (χ4n) is 3.00. The first-order valence-electron chi connectivity index (χ1n) is 5.81. The molecule has 2 atom stereocenters. The molecule has 0 bridgehead atoms. The van der Waals surface area contributed by atoms with Crippen LogP contribution < -0.4 is 0 Å². The van der Waals surface area contributed by atoms with Gasteiger partial charge in [-0.2, -0.15) is 5.26 Å². The molecule has 2 rings (SSSR count). The topological polar surface area (TPSA) is 73.9 Å². The molecular formula is C13H17NO5. The van der Waals surface area contributed by atoms with Crippen molar-refractivity contribution in [1.82, 2.24) is 0 Å². The van der Waals surface area contributed by atoms with Gasteiger partial charge in [-0.25, -0.2) is 0 Å². The van der Waals surface area contributed by atoms with Gasteiger partial charge in [0.1, 0.15) is 11.7 Å². The lowest BCUT2D eigenvalue weighted by Gasteiger charge is -2.60. The van der Waals surface area contributed by atoms with Crippen LogP contribution in [0.25, 0.3) is 0 Å². The summed E-state index contributed by atoms with van der Waals surface area (Å²) in [5, 5.41) is 9.41. The van der Waals surface area contributed by atoms with E-state index in [1.165, 1.54) is 28.4 Å². The molecule has 0 spiro atoms. The van der Waals surface area contributed by atoms with Crippen LogP contribution >= 0.6 is 0 Å². The molecule has 0 radical (unpaired) electrons. The van der Waals surface area contributed by atoms with E-state index < -0.39 is 23.4 Å². The van der Waals surface area contributed by atoms with E-state index in [1.54, 1.807) is 18.4 Å². The quantitative estimate of drug-likeness (QED) is 0.752. The summed E-state index contributed by atoms with van der Waals surface area (Å²) in [5.41, 5.74) is 0. The molecule has 19 heavy (non-hydrogen) atoms. The summed E-state index contributed by atoms with van der Waals surface area (Å²) in [7, 11) is 5.89. The molecule has 0 amide bonds. The van der Waals surface area contributed by atoms with Gasteiger partial charge in [0.25, 0.3) is 0 Å². The van der Waals surface area contributed by atoms with Gasteiger partial charge < -0.3 is 23.4 Å². The Bertz CT molecular complexity index is 456. The molecule has 6 heteroatoms. The van der Waals surface area contributed by atoms with Crippen LogP contribution in [-0.4, -0.2) is 40.0 Å². The zero-order valence-electron chi connectivity index (χ0n) is 11.4. The first-order valence-corrected chi connectivity index (χ1v) is 5.81. The van der Waals surface area contributed by atoms with Gasteiger partial charge in [0.2, 0.25) is 11.6 Å². The number of hydrogen-bond donors (Lipinski definition) is 0. The highest BCUT2D eigenvalue weighted by atomic mass is 16.8. The van der Waals surface area contributed by atoms with Crippen molar-refractivity contribution in [3.63, 3.8) is 0 Å². The fraction of sp³-hybridized carbons (Fsp3) is 0.615. The fourth-order valence-corrected chi connectivity index (χ4v) is 3.00. The maximum absolute atomic E-state index is 9.41. The van der Waals surface area contributed by atoms with E-state index in [-0.39, 0.29) is 0 Å². The highest BCUT2D eigenvalue weighted by Crippen LogP contribution is 2.61. The standard InChI is InChI=1S/C13H17NO5/c1-15-12(16-2)9(8-14)11(10-6-5-7-19-10)13(12,17-3)18-4/h5-7,9,11H,1-4H3/t9-,11+/m0/s1. The normalized spacial score (nSPS) is 27.5. The number of nitriles is 1. The second kappa shape index (κ2) is 4.94. The highest BCUT2D eigenvalue weighted by Gasteiger charge is 2.78. The second-order valence-electron chi connectivity index (χ2n) is 4.25. The van der Waals surface area contributed by atoms with Crippen LogP contribution in [0.4, 0.5) is 0 Å². The molecule has 104 valence electrons. The maximum atomic E-state index is 9.41. The average molecular weight is 267 g/mol. The monoisotopic (exact) mass is 267 g/mol. The number of rotatable bonds is 5. The van der Waals surface area contributed by atoms with Crippen molar-refractivity contribution in [2.75, 3.05) is 28.4 Å². The van der Waals surface area contributed by atoms with Gasteiger partial charge in [-0.05, 0) is 12.1 Å². The summed E-state index contributed by atoms with van der Waals surface area (Å²) in [6.45, 7) is 0. The van der Waals surface area contributed by atoms with Crippen LogP contribution in [0.1, 0.15) is 11.7 Å². The van der Waals surface area contributed by atoms with Crippen molar-refractivity contribution in [1.29, 1.82) is 5.26 Å². The minimum atomic E-state index is -1.29. The molecule has 6 nitrogen and oxygen atoms in total. The Morgan fingerprint density at radius 3 is 2.05 bits per heavy atom. The van der Waals surface area contributed by atoms with Gasteiger partial charge in [0, 0.05) is 28.4 Å². The summed E-state index contributed by atoms with van der Waals surface area (Å²) in [6.07, 6.45) is 1.54. The van der Waals surface area contributed by atoms with Crippen molar-refractivity contribution in [3.05, 3.63) is 24.2 Å². The van der Waals surface area contributed by atoms with Crippen LogP contribution in [0, 0.1) is 17.2 Å². The van der Waals surface area contributed by atoms with Crippen molar-refractivity contribution < 1.29 is 23.4 Å². The average Bonchev–Trinajstić information content (AvgIpc) is 2.94. The van der Waals surface area contributed by atoms with Crippen molar-refractivity contribution in [3.8, 4) is 6.07 Å². The molecule has 0 N–H and O–H groups in total. The molecular weight excluding hydrogens is 250 g/mol. The van der Waals surface area contributed by atoms with Gasteiger partial charge in [0.15, 0.2) is 0 Å². The summed E-state index contributed by atoms with van der Waals surface area (Å²) < 4.78 is 27.2. The Hall–Kier alpha value is -1.39. The Kier molecular flexibility index (Phi) is 3.65. The molecule has 1 aliphatic carbocycles. The molecule has 0 saturated heterocycles. The lowest BCUT2D eigenvalue weighted by molar-refractivity contribution is -0.466. The molecule has 1 heterocycles. The van der Waals surface area contributed by atoms with Crippen molar-refractivity contribution in [2.45, 2.75) is 17.5 Å². The van der Waals surface area contributed by atoms with E-state index in [1.807, 2.05) is 0 Å². The van der Waals surface area contributed by atoms with E-state index in [2.05, 4.69) is 6.07 Å². The SMILES string of the molecule is COC1(OC)[C@@H](C#N)[C@H](c2ccco2)C1(OC)OC. The number of furan rings is 1. The molecule has 1 aliphatic rings. The zero-order chi connectivity index (χ0) is 14.1. The van der Waals surface area contributed by atoms with Crippen LogP contribution in [0.3, 0.4) is 0 Å². The van der Waals surface area contributed by atoms with Crippen LogP contribution in [0.2, 0.25) is 0 Å². The summed E-state index contributed by atoms with van der Waals surface area (Å²) in [5.74, 6) is -2.95. The summed E-state index contributed by atoms with van der Waals surface area (Å²) in [6, 6.07) is 5.71. The van der Waals surface area contributed by atoms with E-state index >= 15 is 0 Å². The third-order valence-corrected chi connectivity index (χ3v) is 3.84. The molecule has 1 aromatic rings. The molecule has 0 aliphatic heterocycles. The van der Waals surface area contributed by atoms with E-state index in [4.69, 9.17) is 23.4 Å². The highest BCUT2D eigenvalue weighted by molar-refractivity contribution is 5.30. The van der Waals surface area contributed by atoms with E-state index in [9.17, 15) is 5.26 Å². The predicted molar refractivity (Wildman–Crippen MR) is 64.1 cm³/mol. The third-order valence-electron chi connectivity index (χ3n) is 3.84. The first-order chi connectivity index (χ1) is 9.17. The second-order valence-corrected chi connectivity index (χ2v) is 4.25. The van der Waals surface area contributed by atoms with Crippen LogP contribution in [-0.2, 0) is 18.9 Å². The van der Waals surface area contributed by atoms with Crippen molar-refractivity contribution >= 4 is 0 Å². The summed E-state index contributed by atoms with van der Waals surface area (Å²) >= 11 is 0. The minimum Gasteiger partial charge on any atom is -0.469 e. The molecule has 1 fully saturated rings. The van der Waals surface area contributed by atoms with Gasteiger partial charge >= 0.3 is 0 Å². The smallest absolute Gasteiger partial charge is 0.241 e. The Morgan fingerprint density at radius 2 is 1.68 bits per heavy atom. The van der Waals surface area contributed by atoms with Crippen LogP contribution in [0.5, 0.6) is 0 Å². The van der Waals surface area contributed by atoms with E-state index in [0.717, 1.165) is 0 Å². The number of hydrogen-bond acceptors (Lipinski definition) is 6. The van der Waals surface area contributed by atoms with Gasteiger partial charge in [0.05, 0.1) is 18.3 Å². The number of nitrogens with zero attached hydrogens (tertiary/aromatic N) is 1. The third kappa shape index (κ3) is 1.50. The molecule has 1 aromatic heterocycles. The lowest BCUT2D eigenvalue weighted by Crippen LogP contribution is -2.77. The number of methoxy groups -OCH3 is 4. The molecule has 0 aromatic carbocycles. The molecule has 1 saturated carbocycles. The Labute approximate surface area is 111 Å². The predicted octanol–water partition coefficient (Wildman–Crippen LogP) is 1.49. The largest absolute Gasteiger partial charge is 0.469 e. The van der Waals surface area contributed by atoms with Crippen LogP contribution in [0.15, 0.2) is 22.8 Å². The van der Waals surface area contributed by atoms with Gasteiger partial charge in [-0.15, -0.1) is 0 Å². The van der Waals surface area contributed by atoms with Crippen molar-refractivity contribution in [2.24, 2.45) is 5.92 Å². The number of ether oxygens (including phenoxy) is 4. The Balaban J connectivity index is 2.52. The van der Waals surface area contributed by atoms with E-state index in [0.29, 0.717) is 5.76 Å². The summed E-state index contributed by atoms with van der Waals surface area (Å²) in [4.78, 5) is 0. The molecule has 0 unspecified atom stereocenters. The zero-order valence-corrected chi connectivity index (χ0v) is 11.4. The minimum absolute atomic E-state index is 0.428. The maximum Gasteiger partial charge on any atom is 0.241 e.